The zero-order valence-electron chi connectivity index (χ0n) is 5.39. The summed E-state index contributed by atoms with van der Waals surface area (Å²) in [6, 6.07) is 0.0556. The van der Waals surface area contributed by atoms with Gasteiger partial charge >= 0.3 is 0 Å². The Morgan fingerprint density at radius 1 is 1.75 bits per heavy atom. The number of rotatable bonds is 3. The third-order valence-electron chi connectivity index (χ3n) is 1.31. The Labute approximate surface area is 49.9 Å². The first kappa shape index (κ1) is 7.88. The molecule has 3 heteroatoms. The number of nitrogens with two attached hydrogens (primary N) is 1. The average molecular weight is 118 g/mol. The molecule has 0 aliphatic heterocycles. The van der Waals surface area contributed by atoms with Crippen LogP contribution in [0.1, 0.15) is 6.92 Å². The van der Waals surface area contributed by atoms with Crippen molar-refractivity contribution in [2.45, 2.75) is 19.0 Å². The molecule has 0 aliphatic carbocycles. The largest absolute Gasteiger partial charge is 0.395 e. The van der Waals surface area contributed by atoms with E-state index in [1.54, 1.807) is 0 Å². The topological polar surface area (TPSA) is 58.3 Å². The predicted octanol–water partition coefficient (Wildman–Crippen LogP) is -1.09. The van der Waals surface area contributed by atoms with Crippen molar-refractivity contribution >= 4 is 0 Å². The fraction of sp³-hybridized carbons (Fsp3) is 1.00. The fourth-order valence-corrected chi connectivity index (χ4v) is 0.372. The normalized spacial score (nSPS) is 18.0. The molecule has 0 fully saturated rings. The Morgan fingerprint density at radius 2 is 2.25 bits per heavy atom. The van der Waals surface area contributed by atoms with Gasteiger partial charge in [-0.15, -0.1) is 0 Å². The smallest absolute Gasteiger partial charge is 0.0597 e. The van der Waals surface area contributed by atoms with Gasteiger partial charge in [-0.2, -0.15) is 0 Å². The Balaban J connectivity index is 3.29. The number of likely N-dealkylation sites (N-methyl/N-ethyl adjacent to an activating group) is 1. The van der Waals surface area contributed by atoms with Crippen LogP contribution >= 0.6 is 0 Å². The Kier molecular flexibility index (Phi) is 3.77. The molecule has 8 heavy (non-hydrogen) atoms. The van der Waals surface area contributed by atoms with E-state index in [1.807, 2.05) is 14.0 Å². The zero-order valence-corrected chi connectivity index (χ0v) is 5.39. The van der Waals surface area contributed by atoms with Gasteiger partial charge in [0.2, 0.25) is 0 Å². The average Bonchev–Trinajstić information content (AvgIpc) is 1.84. The summed E-state index contributed by atoms with van der Waals surface area (Å²) < 4.78 is 0. The predicted molar refractivity (Wildman–Crippen MR) is 33.6 cm³/mol. The molecule has 3 nitrogen and oxygen atoms in total. The van der Waals surface area contributed by atoms with Crippen molar-refractivity contribution in [3.05, 3.63) is 0 Å². The summed E-state index contributed by atoms with van der Waals surface area (Å²) in [5.41, 5.74) is 5.41. The lowest BCUT2D eigenvalue weighted by molar-refractivity contribution is 0.244. The van der Waals surface area contributed by atoms with E-state index in [2.05, 4.69) is 5.32 Å². The first-order valence-corrected chi connectivity index (χ1v) is 2.76. The molecule has 0 amide bonds. The van der Waals surface area contributed by atoms with Gasteiger partial charge in [-0.25, -0.2) is 0 Å². The highest BCUT2D eigenvalue weighted by Gasteiger charge is 2.06. The molecule has 2 unspecified atom stereocenters. The van der Waals surface area contributed by atoms with E-state index in [0.717, 1.165) is 0 Å². The molecule has 0 bridgehead atoms. The van der Waals surface area contributed by atoms with E-state index < -0.39 is 0 Å². The second-order valence-electron chi connectivity index (χ2n) is 1.92. The third kappa shape index (κ3) is 2.26. The van der Waals surface area contributed by atoms with Gasteiger partial charge in [-0.1, -0.05) is 0 Å². The van der Waals surface area contributed by atoms with Crippen LogP contribution in [0.5, 0.6) is 0 Å². The Morgan fingerprint density at radius 3 is 2.38 bits per heavy atom. The number of aliphatic hydroxyl groups excluding tert-OH is 1. The first-order chi connectivity index (χ1) is 3.72. The van der Waals surface area contributed by atoms with Crippen LogP contribution in [0, 0.1) is 0 Å². The lowest BCUT2D eigenvalue weighted by Crippen LogP contribution is -2.43. The summed E-state index contributed by atoms with van der Waals surface area (Å²) >= 11 is 0. The molecular formula is C5H14N2O. The second kappa shape index (κ2) is 3.83. The fourth-order valence-electron chi connectivity index (χ4n) is 0.372. The molecule has 0 heterocycles. The number of aliphatic hydroxyl groups is 1. The van der Waals surface area contributed by atoms with E-state index in [-0.39, 0.29) is 18.7 Å². The molecule has 0 rings (SSSR count). The van der Waals surface area contributed by atoms with Crippen LogP contribution in [0.4, 0.5) is 0 Å². The van der Waals surface area contributed by atoms with Gasteiger partial charge in [-0.3, -0.25) is 0 Å². The van der Waals surface area contributed by atoms with E-state index in [9.17, 15) is 0 Å². The van der Waals surface area contributed by atoms with Crippen molar-refractivity contribution in [2.75, 3.05) is 13.7 Å². The molecule has 0 aliphatic rings. The molecule has 0 aromatic heterocycles. The molecule has 0 saturated carbocycles. The molecule has 0 saturated heterocycles. The molecular weight excluding hydrogens is 104 g/mol. The highest BCUT2D eigenvalue weighted by atomic mass is 16.3. The summed E-state index contributed by atoms with van der Waals surface area (Å²) in [4.78, 5) is 0. The van der Waals surface area contributed by atoms with E-state index in [4.69, 9.17) is 10.8 Å². The molecule has 4 N–H and O–H groups in total. The van der Waals surface area contributed by atoms with Gasteiger partial charge in [0.25, 0.3) is 0 Å². The summed E-state index contributed by atoms with van der Waals surface area (Å²) in [7, 11) is 1.82. The van der Waals surface area contributed by atoms with Gasteiger partial charge in [0, 0.05) is 12.1 Å². The summed E-state index contributed by atoms with van der Waals surface area (Å²) in [5, 5.41) is 11.4. The minimum absolute atomic E-state index is 0.0437. The molecule has 0 aromatic rings. The minimum Gasteiger partial charge on any atom is -0.395 e. The van der Waals surface area contributed by atoms with Crippen LogP contribution in [0.2, 0.25) is 0 Å². The van der Waals surface area contributed by atoms with Crippen molar-refractivity contribution in [3.8, 4) is 0 Å². The van der Waals surface area contributed by atoms with Gasteiger partial charge < -0.3 is 16.2 Å². The van der Waals surface area contributed by atoms with Crippen LogP contribution in [-0.2, 0) is 0 Å². The summed E-state index contributed by atoms with van der Waals surface area (Å²) in [6.07, 6.45) is 0. The molecule has 2 atom stereocenters. The van der Waals surface area contributed by atoms with Crippen LogP contribution in [-0.4, -0.2) is 30.8 Å². The molecule has 0 spiro atoms. The van der Waals surface area contributed by atoms with Crippen LogP contribution < -0.4 is 11.1 Å². The maximum absolute atomic E-state index is 8.47. The van der Waals surface area contributed by atoms with Crippen molar-refractivity contribution in [2.24, 2.45) is 5.73 Å². The summed E-state index contributed by atoms with van der Waals surface area (Å²) in [5.74, 6) is 0. The van der Waals surface area contributed by atoms with Crippen LogP contribution in [0.3, 0.4) is 0 Å². The maximum Gasteiger partial charge on any atom is 0.0597 e. The molecule has 50 valence electrons. The van der Waals surface area contributed by atoms with Crippen LogP contribution in [0.25, 0.3) is 0 Å². The molecule has 0 radical (unpaired) electrons. The lowest BCUT2D eigenvalue weighted by atomic mass is 10.2. The highest BCUT2D eigenvalue weighted by Crippen LogP contribution is 1.83. The van der Waals surface area contributed by atoms with Crippen molar-refractivity contribution in [3.63, 3.8) is 0 Å². The van der Waals surface area contributed by atoms with E-state index >= 15 is 0 Å². The van der Waals surface area contributed by atoms with E-state index in [0.29, 0.717) is 0 Å². The number of hydrogen-bond donors (Lipinski definition) is 3. The molecule has 0 aromatic carbocycles. The number of hydrogen-bond acceptors (Lipinski definition) is 3. The maximum atomic E-state index is 8.47. The third-order valence-corrected chi connectivity index (χ3v) is 1.31. The SMILES string of the molecule is CNC(C)C(N)CO. The van der Waals surface area contributed by atoms with Gasteiger partial charge in [-0.05, 0) is 14.0 Å². The highest BCUT2D eigenvalue weighted by molar-refractivity contribution is 4.71. The van der Waals surface area contributed by atoms with Crippen molar-refractivity contribution in [1.29, 1.82) is 0 Å². The first-order valence-electron chi connectivity index (χ1n) is 2.76. The Bertz CT molecular complexity index is 50.4. The van der Waals surface area contributed by atoms with Gasteiger partial charge in [0.05, 0.1) is 6.61 Å². The monoisotopic (exact) mass is 118 g/mol. The number of nitrogens with one attached hydrogen (secondary N) is 1. The van der Waals surface area contributed by atoms with Gasteiger partial charge in [0.15, 0.2) is 0 Å². The summed E-state index contributed by atoms with van der Waals surface area (Å²) in [6.45, 7) is 1.98. The van der Waals surface area contributed by atoms with Crippen molar-refractivity contribution < 1.29 is 5.11 Å². The quantitative estimate of drug-likeness (QED) is 0.441. The standard InChI is InChI=1S/C5H14N2O/c1-4(7-2)5(6)3-8/h4-5,7-8H,3,6H2,1-2H3. The minimum atomic E-state index is -0.139. The lowest BCUT2D eigenvalue weighted by Gasteiger charge is -2.15. The van der Waals surface area contributed by atoms with Crippen molar-refractivity contribution in [1.82, 2.24) is 5.32 Å². The van der Waals surface area contributed by atoms with E-state index in [1.165, 1.54) is 0 Å². The zero-order chi connectivity index (χ0) is 6.57. The Hall–Kier alpha value is -0.120. The second-order valence-corrected chi connectivity index (χ2v) is 1.92. The van der Waals surface area contributed by atoms with Gasteiger partial charge in [0.1, 0.15) is 0 Å². The van der Waals surface area contributed by atoms with Crippen LogP contribution in [0.15, 0.2) is 0 Å².